The number of rotatable bonds is 6. The van der Waals surface area contributed by atoms with Crippen molar-refractivity contribution >= 4 is 18.1 Å². The lowest BCUT2D eigenvalue weighted by Gasteiger charge is -2.14. The molecule has 3 aromatic rings. The first kappa shape index (κ1) is 16.2. The van der Waals surface area contributed by atoms with Crippen molar-refractivity contribution in [1.29, 1.82) is 0 Å². The molecule has 0 fully saturated rings. The van der Waals surface area contributed by atoms with Crippen LogP contribution in [0.15, 0.2) is 54.6 Å². The quantitative estimate of drug-likeness (QED) is 0.677. The third-order valence-corrected chi connectivity index (χ3v) is 3.86. The third-order valence-electron chi connectivity index (χ3n) is 3.63. The van der Waals surface area contributed by atoms with Gasteiger partial charge in [0.2, 0.25) is 0 Å². The molecule has 0 radical (unpaired) electrons. The van der Waals surface area contributed by atoms with Gasteiger partial charge in [0, 0.05) is 22.7 Å². The highest BCUT2D eigenvalue weighted by molar-refractivity contribution is 6.30. The molecule has 0 bridgehead atoms. The van der Waals surface area contributed by atoms with Crippen molar-refractivity contribution in [2.45, 2.75) is 12.5 Å². The monoisotopic (exact) mass is 344 g/mol. The molecule has 0 aliphatic rings. The molecule has 1 atom stereocenters. The minimum atomic E-state index is -0.505. The van der Waals surface area contributed by atoms with Crippen LogP contribution in [0, 0.1) is 5.82 Å². The summed E-state index contributed by atoms with van der Waals surface area (Å²) < 4.78 is 19.0. The molecule has 0 amide bonds. The number of nitrogens with one attached hydrogen (secondary N) is 1. The highest BCUT2D eigenvalue weighted by atomic mass is 35.5. The molecule has 122 valence electrons. The second-order valence-corrected chi connectivity index (χ2v) is 5.67. The highest BCUT2D eigenvalue weighted by Crippen LogP contribution is 2.26. The number of hydrogen-bond donors (Lipinski definition) is 1. The van der Waals surface area contributed by atoms with Crippen LogP contribution in [0.3, 0.4) is 0 Å². The van der Waals surface area contributed by atoms with Gasteiger partial charge in [-0.05, 0) is 35.9 Å². The van der Waals surface area contributed by atoms with Gasteiger partial charge >= 0.3 is 0 Å². The van der Waals surface area contributed by atoms with Crippen LogP contribution >= 0.6 is 11.6 Å². The van der Waals surface area contributed by atoms with Crippen molar-refractivity contribution in [3.8, 4) is 11.3 Å². The Bertz CT molecular complexity index is 850. The van der Waals surface area contributed by atoms with Crippen LogP contribution in [0.25, 0.3) is 11.3 Å². The van der Waals surface area contributed by atoms with E-state index in [1.165, 1.54) is 6.07 Å². The zero-order valence-corrected chi connectivity index (χ0v) is 13.3. The molecule has 0 saturated carbocycles. The Hall–Kier alpha value is -2.66. The molecule has 0 aliphatic heterocycles. The molecule has 3 rings (SSSR count). The Morgan fingerprint density at radius 3 is 2.79 bits per heavy atom. The van der Waals surface area contributed by atoms with Crippen LogP contribution in [0.5, 0.6) is 0 Å². The van der Waals surface area contributed by atoms with Crippen LogP contribution in [0.4, 0.5) is 4.39 Å². The molecule has 1 aromatic heterocycles. The first-order valence-corrected chi connectivity index (χ1v) is 7.69. The molecule has 4 nitrogen and oxygen atoms in total. The van der Waals surface area contributed by atoms with E-state index < -0.39 is 6.10 Å². The van der Waals surface area contributed by atoms with E-state index >= 15 is 0 Å². The van der Waals surface area contributed by atoms with Crippen molar-refractivity contribution in [3.63, 3.8) is 0 Å². The Labute approximate surface area is 143 Å². The van der Waals surface area contributed by atoms with Gasteiger partial charge in [0.15, 0.2) is 0 Å². The van der Waals surface area contributed by atoms with Gasteiger partial charge in [0.25, 0.3) is 6.47 Å². The first-order chi connectivity index (χ1) is 11.7. The van der Waals surface area contributed by atoms with Crippen molar-refractivity contribution in [3.05, 3.63) is 76.7 Å². The molecule has 24 heavy (non-hydrogen) atoms. The van der Waals surface area contributed by atoms with Gasteiger partial charge in [0.1, 0.15) is 11.9 Å². The lowest BCUT2D eigenvalue weighted by atomic mass is 10.0. The average molecular weight is 345 g/mol. The molecular formula is C18H14ClFN2O2. The topological polar surface area (TPSA) is 55.0 Å². The standard InChI is InChI=1S/C18H14ClFN2O2/c19-13-5-3-4-12(8-13)18(24-11-23)10-14-9-17(22-21-14)15-6-1-2-7-16(15)20/h1-9,11,18H,10H2,(H,21,22). The summed E-state index contributed by atoms with van der Waals surface area (Å²) in [5.74, 6) is -0.342. The lowest BCUT2D eigenvalue weighted by Crippen LogP contribution is -2.07. The smallest absolute Gasteiger partial charge is 0.293 e. The SMILES string of the molecule is O=COC(Cc1cc(-c2ccccc2F)n[nH]1)c1cccc(Cl)c1. The zero-order chi connectivity index (χ0) is 16.9. The van der Waals surface area contributed by atoms with E-state index in [1.54, 1.807) is 42.5 Å². The minimum absolute atomic E-state index is 0.342. The molecule has 1 N–H and O–H groups in total. The third kappa shape index (κ3) is 3.63. The number of hydrogen-bond acceptors (Lipinski definition) is 3. The Balaban J connectivity index is 1.84. The Kier molecular flexibility index (Phi) is 4.91. The largest absolute Gasteiger partial charge is 0.459 e. The lowest BCUT2D eigenvalue weighted by molar-refractivity contribution is -0.133. The maximum atomic E-state index is 13.8. The molecule has 2 aromatic carbocycles. The number of H-pyrrole nitrogens is 1. The average Bonchev–Trinajstić information content (AvgIpc) is 3.03. The minimum Gasteiger partial charge on any atom is -0.459 e. The van der Waals surface area contributed by atoms with Crippen LogP contribution < -0.4 is 0 Å². The van der Waals surface area contributed by atoms with E-state index in [2.05, 4.69) is 10.2 Å². The van der Waals surface area contributed by atoms with Crippen LogP contribution in [-0.4, -0.2) is 16.7 Å². The number of nitrogens with zero attached hydrogens (tertiary/aromatic N) is 1. The molecule has 0 saturated heterocycles. The van der Waals surface area contributed by atoms with Gasteiger partial charge in [-0.2, -0.15) is 5.10 Å². The first-order valence-electron chi connectivity index (χ1n) is 7.31. The predicted octanol–water partition coefficient (Wildman–Crippen LogP) is 4.33. The van der Waals surface area contributed by atoms with Crippen molar-refractivity contribution in [2.24, 2.45) is 0 Å². The zero-order valence-electron chi connectivity index (χ0n) is 12.6. The summed E-state index contributed by atoms with van der Waals surface area (Å²) in [6.45, 7) is 0.402. The second kappa shape index (κ2) is 7.27. The van der Waals surface area contributed by atoms with Gasteiger partial charge < -0.3 is 4.74 Å². The summed E-state index contributed by atoms with van der Waals surface area (Å²) >= 11 is 5.99. The van der Waals surface area contributed by atoms with E-state index in [-0.39, 0.29) is 5.82 Å². The molecule has 1 heterocycles. The fraction of sp³-hybridized carbons (Fsp3) is 0.111. The van der Waals surface area contributed by atoms with Crippen molar-refractivity contribution in [2.75, 3.05) is 0 Å². The van der Waals surface area contributed by atoms with Crippen molar-refractivity contribution < 1.29 is 13.9 Å². The van der Waals surface area contributed by atoms with Crippen molar-refractivity contribution in [1.82, 2.24) is 10.2 Å². The maximum absolute atomic E-state index is 13.8. The van der Waals surface area contributed by atoms with Gasteiger partial charge in [-0.1, -0.05) is 35.9 Å². The Morgan fingerprint density at radius 1 is 1.21 bits per heavy atom. The highest BCUT2D eigenvalue weighted by Gasteiger charge is 2.16. The summed E-state index contributed by atoms with van der Waals surface area (Å²) in [5, 5.41) is 7.55. The molecule has 6 heteroatoms. The summed E-state index contributed by atoms with van der Waals surface area (Å²) in [5.41, 5.74) is 2.41. The molecular weight excluding hydrogens is 331 g/mol. The summed E-state index contributed by atoms with van der Waals surface area (Å²) in [4.78, 5) is 10.8. The summed E-state index contributed by atoms with van der Waals surface area (Å²) in [6.07, 6.45) is -0.129. The van der Waals surface area contributed by atoms with E-state index in [4.69, 9.17) is 16.3 Å². The molecule has 0 spiro atoms. The van der Waals surface area contributed by atoms with E-state index in [0.717, 1.165) is 11.3 Å². The van der Waals surface area contributed by atoms with Crippen LogP contribution in [0.1, 0.15) is 17.4 Å². The normalized spacial score (nSPS) is 11.9. The van der Waals surface area contributed by atoms with Crippen LogP contribution in [-0.2, 0) is 16.0 Å². The number of carbonyl (C=O) groups excluding carboxylic acids is 1. The predicted molar refractivity (Wildman–Crippen MR) is 89.0 cm³/mol. The van der Waals surface area contributed by atoms with Gasteiger partial charge in [-0.3, -0.25) is 9.89 Å². The van der Waals surface area contributed by atoms with Gasteiger partial charge in [0.05, 0.1) is 5.69 Å². The molecule has 1 unspecified atom stereocenters. The number of aromatic amines is 1. The molecule has 0 aliphatic carbocycles. The number of aromatic nitrogens is 2. The summed E-state index contributed by atoms with van der Waals surface area (Å²) in [7, 11) is 0. The van der Waals surface area contributed by atoms with E-state index in [1.807, 2.05) is 6.07 Å². The van der Waals surface area contributed by atoms with Crippen LogP contribution in [0.2, 0.25) is 5.02 Å². The van der Waals surface area contributed by atoms with Gasteiger partial charge in [-0.15, -0.1) is 0 Å². The number of benzene rings is 2. The van der Waals surface area contributed by atoms with E-state index in [0.29, 0.717) is 29.2 Å². The Morgan fingerprint density at radius 2 is 2.04 bits per heavy atom. The fourth-order valence-electron chi connectivity index (χ4n) is 2.49. The number of halogens is 2. The van der Waals surface area contributed by atoms with Gasteiger partial charge in [-0.25, -0.2) is 4.39 Å². The number of ether oxygens (including phenoxy) is 1. The summed E-state index contributed by atoms with van der Waals surface area (Å²) in [6, 6.07) is 15.3. The van der Waals surface area contributed by atoms with E-state index in [9.17, 15) is 9.18 Å². The second-order valence-electron chi connectivity index (χ2n) is 5.24. The number of carbonyl (C=O) groups is 1. The maximum Gasteiger partial charge on any atom is 0.293 e. The fourth-order valence-corrected chi connectivity index (χ4v) is 2.69.